The quantitative estimate of drug-likeness (QED) is 0.0256. The van der Waals surface area contributed by atoms with Crippen molar-refractivity contribution in [2.45, 2.75) is 346 Å². The Bertz CT molecular complexity index is 1840. The van der Waals surface area contributed by atoms with E-state index in [0.29, 0.717) is 37.2 Å². The standard InChI is InChI=1S/C62H114O24/c1-5-15-34(3)16-11-7-8-12-17-36(63)18-13-9-10-14-19-44-24-42(69)28-45(84-44)26-38(65)22-40(67)31-50(73)54(75)56(77)58(79)60(81)62(83)61(82)59(80)57(78)55(76)51(74)32-41(68)23-39(66)27-47-30-43(70)29-46(85-47)25-37(64)20-35(4)21-48(71)53-33-49(72)52(6-2)86-53/h5,12,17,34,36-83H,1,4,6-11,13-16,18-33H2,2-3H3. The van der Waals surface area contributed by atoms with Crippen LogP contribution in [-0.2, 0) is 14.2 Å². The van der Waals surface area contributed by atoms with Gasteiger partial charge in [-0.15, -0.1) is 6.58 Å². The Kier molecular flexibility index (Phi) is 37.4. The summed E-state index contributed by atoms with van der Waals surface area (Å²) in [4.78, 5) is 0. The average Bonchev–Trinajstić information content (AvgIpc) is 3.97. The summed E-state index contributed by atoms with van der Waals surface area (Å²) in [5.74, 6) is 0.642. The van der Waals surface area contributed by atoms with E-state index in [1.165, 1.54) is 6.42 Å². The number of aliphatic hydroxyl groups is 21. The first-order valence-corrected chi connectivity index (χ1v) is 31.7. The van der Waals surface area contributed by atoms with E-state index in [-0.39, 0.29) is 76.4 Å². The average molecular weight is 1240 g/mol. The minimum Gasteiger partial charge on any atom is -0.393 e. The van der Waals surface area contributed by atoms with Gasteiger partial charge < -0.3 is 121 Å². The molecule has 3 saturated heterocycles. The molecule has 0 saturated carbocycles. The lowest BCUT2D eigenvalue weighted by molar-refractivity contribution is -0.196. The van der Waals surface area contributed by atoms with Gasteiger partial charge in [0.05, 0.1) is 110 Å². The van der Waals surface area contributed by atoms with E-state index in [1.54, 1.807) is 0 Å². The topological polar surface area (TPSA) is 453 Å². The molecule has 24 heteroatoms. The SMILES string of the molecule is C=CCC(C)CCCCC=CC(O)CCCCCCC1CC(O)CC(CC(O)CC(O)CC(O)C(O)C(O)C(O)C(O)C(O)C(O)C(O)C(O)C(O)C(O)CC(O)CC(O)CC2CC(O)CC(CC(O)CC(=C)CC(O)C3CC(O)C(CC)O3)O2)O1. The first kappa shape index (κ1) is 78.5. The molecule has 24 nitrogen and oxygen atoms in total. The van der Waals surface area contributed by atoms with Crippen molar-refractivity contribution in [1.29, 1.82) is 0 Å². The number of allylic oxidation sites excluding steroid dienone is 2. The molecule has 3 rings (SSSR count). The molecule has 0 aromatic rings. The Hall–Kier alpha value is -1.74. The summed E-state index contributed by atoms with van der Waals surface area (Å²) in [5, 5.41) is 223. The summed E-state index contributed by atoms with van der Waals surface area (Å²) in [6.45, 7) is 11.8. The number of unbranched alkanes of at least 4 members (excludes halogenated alkanes) is 5. The van der Waals surface area contributed by atoms with E-state index in [4.69, 9.17) is 14.2 Å². The molecule has 0 bridgehead atoms. The molecule has 3 fully saturated rings. The van der Waals surface area contributed by atoms with E-state index in [2.05, 4.69) is 26.2 Å². The van der Waals surface area contributed by atoms with E-state index >= 15 is 0 Å². The fraction of sp³-hybridized carbons (Fsp3) is 0.903. The van der Waals surface area contributed by atoms with Crippen LogP contribution >= 0.6 is 0 Å². The van der Waals surface area contributed by atoms with Gasteiger partial charge in [-0.3, -0.25) is 0 Å². The maximum atomic E-state index is 10.8. The molecular formula is C62H114O24. The number of rotatable bonds is 45. The van der Waals surface area contributed by atoms with Gasteiger partial charge in [0, 0.05) is 19.3 Å². The van der Waals surface area contributed by atoms with Crippen molar-refractivity contribution >= 4 is 0 Å². The normalized spacial score (nSPS) is 29.9. The van der Waals surface area contributed by atoms with Crippen molar-refractivity contribution in [2.75, 3.05) is 0 Å². The van der Waals surface area contributed by atoms with Crippen LogP contribution in [0.3, 0.4) is 0 Å². The highest BCUT2D eigenvalue weighted by Gasteiger charge is 2.45. The van der Waals surface area contributed by atoms with Gasteiger partial charge in [0.25, 0.3) is 0 Å². The maximum absolute atomic E-state index is 10.8. The summed E-state index contributed by atoms with van der Waals surface area (Å²) in [6.07, 6.45) is -23.5. The monoisotopic (exact) mass is 1240 g/mol. The van der Waals surface area contributed by atoms with Gasteiger partial charge >= 0.3 is 0 Å². The van der Waals surface area contributed by atoms with Crippen LogP contribution in [0.2, 0.25) is 0 Å². The van der Waals surface area contributed by atoms with Crippen molar-refractivity contribution in [3.05, 3.63) is 37.0 Å². The Morgan fingerprint density at radius 1 is 0.488 bits per heavy atom. The van der Waals surface area contributed by atoms with Gasteiger partial charge in [-0.2, -0.15) is 0 Å². The van der Waals surface area contributed by atoms with Crippen molar-refractivity contribution in [3.8, 4) is 0 Å². The van der Waals surface area contributed by atoms with E-state index < -0.39 is 172 Å². The largest absolute Gasteiger partial charge is 0.393 e. The molecule has 0 aromatic heterocycles. The Morgan fingerprint density at radius 3 is 1.41 bits per heavy atom. The van der Waals surface area contributed by atoms with Gasteiger partial charge in [-0.25, -0.2) is 0 Å². The maximum Gasteiger partial charge on any atom is 0.111 e. The Labute approximate surface area is 508 Å². The van der Waals surface area contributed by atoms with E-state index in [0.717, 1.165) is 51.4 Å². The molecule has 21 N–H and O–H groups in total. The van der Waals surface area contributed by atoms with Crippen LogP contribution in [0.15, 0.2) is 37.0 Å². The highest BCUT2D eigenvalue weighted by Crippen LogP contribution is 2.32. The molecule has 28 unspecified atom stereocenters. The number of ether oxygens (including phenoxy) is 3. The van der Waals surface area contributed by atoms with Crippen LogP contribution in [0.1, 0.15) is 181 Å². The van der Waals surface area contributed by atoms with Crippen LogP contribution in [0.25, 0.3) is 0 Å². The van der Waals surface area contributed by atoms with Crippen molar-refractivity contribution in [1.82, 2.24) is 0 Å². The van der Waals surface area contributed by atoms with Gasteiger partial charge in [0.1, 0.15) is 54.9 Å². The number of hydrogen-bond donors (Lipinski definition) is 21. The molecule has 0 aliphatic carbocycles. The molecule has 0 amide bonds. The summed E-state index contributed by atoms with van der Waals surface area (Å²) in [6, 6.07) is 0. The zero-order valence-corrected chi connectivity index (χ0v) is 50.8. The van der Waals surface area contributed by atoms with Crippen LogP contribution in [-0.4, -0.2) is 272 Å². The molecule has 0 radical (unpaired) electrons. The molecule has 3 heterocycles. The van der Waals surface area contributed by atoms with Gasteiger partial charge in [-0.1, -0.05) is 82.8 Å². The molecule has 86 heavy (non-hydrogen) atoms. The summed E-state index contributed by atoms with van der Waals surface area (Å²) < 4.78 is 17.9. The van der Waals surface area contributed by atoms with Gasteiger partial charge in [0.15, 0.2) is 0 Å². The van der Waals surface area contributed by atoms with Crippen LogP contribution in [0.5, 0.6) is 0 Å². The molecule has 506 valence electrons. The minimum atomic E-state index is -2.62. The molecule has 0 aromatic carbocycles. The number of aliphatic hydroxyl groups excluding tert-OH is 21. The lowest BCUT2D eigenvalue weighted by Gasteiger charge is -2.36. The molecular weight excluding hydrogens is 1130 g/mol. The summed E-state index contributed by atoms with van der Waals surface area (Å²) in [5.41, 5.74) is 0.547. The molecule has 28 atom stereocenters. The lowest BCUT2D eigenvalue weighted by Crippen LogP contribution is -2.59. The van der Waals surface area contributed by atoms with Gasteiger partial charge in [-0.05, 0) is 115 Å². The zero-order chi connectivity index (χ0) is 64.4. The Morgan fingerprint density at radius 2 is 0.930 bits per heavy atom. The first-order valence-electron chi connectivity index (χ1n) is 31.7. The lowest BCUT2D eigenvalue weighted by atomic mass is 9.88. The van der Waals surface area contributed by atoms with Crippen molar-refractivity contribution in [2.24, 2.45) is 5.92 Å². The van der Waals surface area contributed by atoms with Crippen molar-refractivity contribution in [3.63, 3.8) is 0 Å². The summed E-state index contributed by atoms with van der Waals surface area (Å²) in [7, 11) is 0. The smallest absolute Gasteiger partial charge is 0.111 e. The van der Waals surface area contributed by atoms with Crippen LogP contribution in [0, 0.1) is 5.92 Å². The van der Waals surface area contributed by atoms with Crippen molar-refractivity contribution < 1.29 is 121 Å². The zero-order valence-electron chi connectivity index (χ0n) is 50.8. The molecule has 3 aliphatic heterocycles. The summed E-state index contributed by atoms with van der Waals surface area (Å²) >= 11 is 0. The van der Waals surface area contributed by atoms with Crippen LogP contribution in [0.4, 0.5) is 0 Å². The second-order valence-electron chi connectivity index (χ2n) is 25.5. The van der Waals surface area contributed by atoms with Gasteiger partial charge in [0.2, 0.25) is 0 Å². The van der Waals surface area contributed by atoms with Crippen LogP contribution < -0.4 is 0 Å². The number of hydrogen-bond acceptors (Lipinski definition) is 24. The second-order valence-corrected chi connectivity index (χ2v) is 25.5. The Balaban J connectivity index is 1.35. The highest BCUT2D eigenvalue weighted by atomic mass is 16.5. The third kappa shape index (κ3) is 28.8. The highest BCUT2D eigenvalue weighted by molar-refractivity contribution is 5.02. The molecule has 3 aliphatic rings. The second kappa shape index (κ2) is 41.0. The molecule has 0 spiro atoms. The predicted octanol–water partition coefficient (Wildman–Crippen LogP) is -1.04. The van der Waals surface area contributed by atoms with E-state index in [9.17, 15) is 107 Å². The third-order valence-corrected chi connectivity index (χ3v) is 17.3. The minimum absolute atomic E-state index is 0.0268. The fourth-order valence-electron chi connectivity index (χ4n) is 12.3. The third-order valence-electron chi connectivity index (χ3n) is 17.3. The van der Waals surface area contributed by atoms with E-state index in [1.807, 2.05) is 19.1 Å². The fourth-order valence-corrected chi connectivity index (χ4v) is 12.3. The predicted molar refractivity (Wildman–Crippen MR) is 315 cm³/mol. The first-order chi connectivity index (χ1) is 40.5.